The molecule has 1 heterocycles. The second-order valence-electron chi connectivity index (χ2n) is 4.57. The Morgan fingerprint density at radius 2 is 2.05 bits per heavy atom. The number of aromatic nitrogens is 1. The van der Waals surface area contributed by atoms with Gasteiger partial charge in [-0.15, -0.1) is 11.3 Å². The Hall–Kier alpha value is -2.21. The average molecular weight is 304 g/mol. The first-order valence-electron chi connectivity index (χ1n) is 6.59. The van der Waals surface area contributed by atoms with Crippen LogP contribution in [0.2, 0.25) is 0 Å². The van der Waals surface area contributed by atoms with Crippen LogP contribution in [0.3, 0.4) is 0 Å². The number of carbonyl (C=O) groups excluding carboxylic acids is 1. The number of amides is 1. The average Bonchev–Trinajstić information content (AvgIpc) is 2.99. The summed E-state index contributed by atoms with van der Waals surface area (Å²) >= 11 is 1.49. The van der Waals surface area contributed by atoms with E-state index < -0.39 is 12.0 Å². The minimum Gasteiger partial charge on any atom is -0.480 e. The Kier molecular flexibility index (Phi) is 5.45. The summed E-state index contributed by atoms with van der Waals surface area (Å²) in [5.74, 6) is -1.30. The van der Waals surface area contributed by atoms with E-state index >= 15 is 0 Å². The van der Waals surface area contributed by atoms with Gasteiger partial charge in [0.1, 0.15) is 6.04 Å². The van der Waals surface area contributed by atoms with Gasteiger partial charge in [0.25, 0.3) is 0 Å². The summed E-state index contributed by atoms with van der Waals surface area (Å²) < 4.78 is 0. The molecule has 0 saturated heterocycles. The lowest BCUT2D eigenvalue weighted by Gasteiger charge is -2.14. The smallest absolute Gasteiger partial charge is 0.326 e. The maximum atomic E-state index is 11.8. The number of benzene rings is 1. The molecule has 110 valence electrons. The van der Waals surface area contributed by atoms with Crippen molar-refractivity contribution in [3.8, 4) is 0 Å². The molecule has 5 nitrogen and oxygen atoms in total. The molecule has 1 unspecified atom stereocenters. The molecule has 0 saturated carbocycles. The van der Waals surface area contributed by atoms with Crippen LogP contribution in [-0.2, 0) is 22.4 Å². The van der Waals surface area contributed by atoms with Crippen LogP contribution >= 0.6 is 11.3 Å². The zero-order valence-corrected chi connectivity index (χ0v) is 12.2. The molecule has 21 heavy (non-hydrogen) atoms. The van der Waals surface area contributed by atoms with E-state index in [4.69, 9.17) is 0 Å². The highest BCUT2D eigenvalue weighted by Crippen LogP contribution is 2.08. The second-order valence-corrected chi connectivity index (χ2v) is 5.55. The van der Waals surface area contributed by atoms with Gasteiger partial charge in [-0.3, -0.25) is 4.79 Å². The van der Waals surface area contributed by atoms with Crippen molar-refractivity contribution in [2.75, 3.05) is 0 Å². The number of nitrogens with one attached hydrogen (secondary N) is 1. The molecule has 0 aliphatic rings. The van der Waals surface area contributed by atoms with Crippen molar-refractivity contribution in [1.29, 1.82) is 0 Å². The van der Waals surface area contributed by atoms with Crippen LogP contribution in [0.1, 0.15) is 17.0 Å². The molecule has 1 aromatic carbocycles. The first-order valence-corrected chi connectivity index (χ1v) is 7.47. The minimum absolute atomic E-state index is 0.242. The van der Waals surface area contributed by atoms with Crippen LogP contribution in [0, 0.1) is 0 Å². The summed E-state index contributed by atoms with van der Waals surface area (Å²) in [4.78, 5) is 27.2. The fourth-order valence-corrected chi connectivity index (χ4v) is 2.53. The molecule has 1 atom stereocenters. The normalized spacial score (nSPS) is 11.8. The van der Waals surface area contributed by atoms with Crippen LogP contribution in [0.15, 0.2) is 41.9 Å². The predicted molar refractivity (Wildman–Crippen MR) is 80.1 cm³/mol. The summed E-state index contributed by atoms with van der Waals surface area (Å²) in [5, 5.41) is 14.5. The lowest BCUT2D eigenvalue weighted by molar-refractivity contribution is -0.141. The summed E-state index contributed by atoms with van der Waals surface area (Å²) in [5.41, 5.74) is 0.880. The van der Waals surface area contributed by atoms with Crippen LogP contribution in [0.4, 0.5) is 0 Å². The number of aryl methyl sites for hydroxylation is 1. The number of carbonyl (C=O) groups is 2. The van der Waals surface area contributed by atoms with Gasteiger partial charge >= 0.3 is 5.97 Å². The van der Waals surface area contributed by atoms with Gasteiger partial charge in [-0.05, 0) is 5.56 Å². The summed E-state index contributed by atoms with van der Waals surface area (Å²) in [7, 11) is 0. The molecule has 1 amide bonds. The van der Waals surface area contributed by atoms with Gasteiger partial charge in [0.15, 0.2) is 0 Å². The van der Waals surface area contributed by atoms with Crippen molar-refractivity contribution in [3.63, 3.8) is 0 Å². The zero-order chi connectivity index (χ0) is 15.1. The molecule has 0 aliphatic heterocycles. The molecule has 6 heteroatoms. The van der Waals surface area contributed by atoms with E-state index in [0.29, 0.717) is 6.42 Å². The molecule has 2 aromatic rings. The molecule has 1 aromatic heterocycles. The van der Waals surface area contributed by atoms with E-state index in [9.17, 15) is 14.7 Å². The first kappa shape index (κ1) is 15.2. The molecule has 0 bridgehead atoms. The van der Waals surface area contributed by atoms with Gasteiger partial charge in [0, 0.05) is 30.8 Å². The van der Waals surface area contributed by atoms with Crippen LogP contribution < -0.4 is 5.32 Å². The molecule has 2 N–H and O–H groups in total. The number of carboxylic acids is 1. The number of hydrogen-bond donors (Lipinski definition) is 2. The molecule has 0 radical (unpaired) electrons. The highest BCUT2D eigenvalue weighted by Gasteiger charge is 2.20. The van der Waals surface area contributed by atoms with Crippen molar-refractivity contribution >= 4 is 23.2 Å². The lowest BCUT2D eigenvalue weighted by atomic mass is 10.1. The number of hydrogen-bond acceptors (Lipinski definition) is 4. The Morgan fingerprint density at radius 1 is 1.29 bits per heavy atom. The topological polar surface area (TPSA) is 79.3 Å². The number of thiazole rings is 1. The van der Waals surface area contributed by atoms with E-state index in [0.717, 1.165) is 10.6 Å². The van der Waals surface area contributed by atoms with E-state index in [2.05, 4.69) is 10.3 Å². The molecular weight excluding hydrogens is 288 g/mol. The third-order valence-electron chi connectivity index (χ3n) is 2.97. The maximum absolute atomic E-state index is 11.8. The van der Waals surface area contributed by atoms with Crippen molar-refractivity contribution in [1.82, 2.24) is 10.3 Å². The van der Waals surface area contributed by atoms with Gasteiger partial charge in [-0.1, -0.05) is 30.3 Å². The Balaban J connectivity index is 1.87. The van der Waals surface area contributed by atoms with Crippen LogP contribution in [0.5, 0.6) is 0 Å². The molecule has 2 rings (SSSR count). The Labute approximate surface area is 126 Å². The van der Waals surface area contributed by atoms with E-state index in [1.807, 2.05) is 35.7 Å². The fourth-order valence-electron chi connectivity index (χ4n) is 1.91. The zero-order valence-electron chi connectivity index (χ0n) is 11.4. The molecule has 0 spiro atoms. The van der Waals surface area contributed by atoms with Crippen molar-refractivity contribution in [2.45, 2.75) is 25.3 Å². The Bertz CT molecular complexity index is 584. The van der Waals surface area contributed by atoms with E-state index in [1.165, 1.54) is 11.3 Å². The molecule has 0 aliphatic carbocycles. The quantitative estimate of drug-likeness (QED) is 0.818. The minimum atomic E-state index is -1.03. The van der Waals surface area contributed by atoms with E-state index in [1.54, 1.807) is 6.20 Å². The summed E-state index contributed by atoms with van der Waals surface area (Å²) in [6.45, 7) is 0. The standard InChI is InChI=1S/C15H16N2O3S/c18-13(6-7-14-16-8-9-21-14)17-12(15(19)20)10-11-4-2-1-3-5-11/h1-5,8-9,12H,6-7,10H2,(H,17,18)(H,19,20). The molecule has 0 fully saturated rings. The van der Waals surface area contributed by atoms with Gasteiger partial charge in [-0.2, -0.15) is 0 Å². The third-order valence-corrected chi connectivity index (χ3v) is 3.80. The SMILES string of the molecule is O=C(CCc1nccs1)NC(Cc1ccccc1)C(=O)O. The van der Waals surface area contributed by atoms with Gasteiger partial charge in [-0.25, -0.2) is 9.78 Å². The van der Waals surface area contributed by atoms with Crippen molar-refractivity contribution in [3.05, 3.63) is 52.5 Å². The number of carboxylic acid groups (broad SMARTS) is 1. The largest absolute Gasteiger partial charge is 0.480 e. The first-order chi connectivity index (χ1) is 10.1. The predicted octanol–water partition coefficient (Wildman–Crippen LogP) is 1.89. The van der Waals surface area contributed by atoms with Gasteiger partial charge in [0.2, 0.25) is 5.91 Å². The number of aliphatic carboxylic acids is 1. The highest BCUT2D eigenvalue weighted by atomic mass is 32.1. The highest BCUT2D eigenvalue weighted by molar-refractivity contribution is 7.09. The third kappa shape index (κ3) is 5.00. The van der Waals surface area contributed by atoms with Gasteiger partial charge in [0.05, 0.1) is 5.01 Å². The Morgan fingerprint density at radius 3 is 2.67 bits per heavy atom. The summed E-state index contributed by atoms with van der Waals surface area (Å²) in [6, 6.07) is 8.34. The maximum Gasteiger partial charge on any atom is 0.326 e. The van der Waals surface area contributed by atoms with Crippen molar-refractivity contribution < 1.29 is 14.7 Å². The lowest BCUT2D eigenvalue weighted by Crippen LogP contribution is -2.42. The fraction of sp³-hybridized carbons (Fsp3) is 0.267. The van der Waals surface area contributed by atoms with Crippen LogP contribution in [0.25, 0.3) is 0 Å². The van der Waals surface area contributed by atoms with Crippen LogP contribution in [-0.4, -0.2) is 28.0 Å². The van der Waals surface area contributed by atoms with E-state index in [-0.39, 0.29) is 18.7 Å². The van der Waals surface area contributed by atoms with Crippen molar-refractivity contribution in [2.24, 2.45) is 0 Å². The number of rotatable bonds is 7. The summed E-state index contributed by atoms with van der Waals surface area (Å²) in [6.07, 6.45) is 2.74. The molecular formula is C15H16N2O3S. The van der Waals surface area contributed by atoms with Gasteiger partial charge < -0.3 is 10.4 Å². The number of nitrogens with zero attached hydrogens (tertiary/aromatic N) is 1. The second kappa shape index (κ2) is 7.54. The monoisotopic (exact) mass is 304 g/mol.